The predicted molar refractivity (Wildman–Crippen MR) is 133 cm³/mol. The topological polar surface area (TPSA) is 75.0 Å². The van der Waals surface area contributed by atoms with Crippen LogP contribution in [0.3, 0.4) is 0 Å². The summed E-state index contributed by atoms with van der Waals surface area (Å²) < 4.78 is 19.0. The Labute approximate surface area is 202 Å². The fraction of sp³-hybridized carbons (Fsp3) is 0.179. The highest BCUT2D eigenvalue weighted by Crippen LogP contribution is 2.37. The molecule has 3 aromatic carbocycles. The maximum absolute atomic E-state index is 13.0. The van der Waals surface area contributed by atoms with Crippen molar-refractivity contribution >= 4 is 22.4 Å². The predicted octanol–water partition coefficient (Wildman–Crippen LogP) is 6.16. The molecule has 0 N–H and O–H groups in total. The molecule has 0 saturated heterocycles. The van der Waals surface area contributed by atoms with Gasteiger partial charge in [0, 0.05) is 16.7 Å². The Hall–Kier alpha value is -4.39. The monoisotopic (exact) mass is 467 g/mol. The first-order valence-electron chi connectivity index (χ1n) is 11.4. The van der Waals surface area contributed by atoms with Crippen LogP contribution in [-0.4, -0.2) is 27.7 Å². The van der Waals surface area contributed by atoms with Crippen molar-refractivity contribution in [3.63, 3.8) is 0 Å². The van der Waals surface area contributed by atoms with E-state index in [1.165, 1.54) is 11.6 Å². The largest absolute Gasteiger partial charge is 0.486 e. The standard InChI is InChI=1S/C28H25N3O4/c1-18(2)26-29-27-23-16-21(35-20-12-8-5-9-13-20)14-15-22(23)25(24(28(32)33-3)31(27)30-26)34-17-19-10-6-4-7-11-19/h4-16,18H,17H2,1-3H3. The number of hydrogen-bond donors (Lipinski definition) is 0. The fourth-order valence-electron chi connectivity index (χ4n) is 3.87. The molecule has 0 atom stereocenters. The number of carbonyl (C=O) groups excluding carboxylic acids is 1. The number of fused-ring (bicyclic) bond motifs is 3. The number of esters is 1. The van der Waals surface area contributed by atoms with E-state index in [4.69, 9.17) is 19.2 Å². The minimum atomic E-state index is -0.551. The van der Waals surface area contributed by atoms with Crippen molar-refractivity contribution in [2.75, 3.05) is 7.11 Å². The molecule has 0 aliphatic heterocycles. The summed E-state index contributed by atoms with van der Waals surface area (Å²) in [6.45, 7) is 4.29. The molecule has 0 aliphatic carbocycles. The number of methoxy groups -OCH3 is 1. The van der Waals surface area contributed by atoms with Crippen LogP contribution in [0.15, 0.2) is 78.9 Å². The molecule has 5 rings (SSSR count). The van der Waals surface area contributed by atoms with Crippen molar-refractivity contribution in [3.8, 4) is 17.2 Å². The van der Waals surface area contributed by atoms with Gasteiger partial charge in [0.2, 0.25) is 0 Å². The normalized spacial score (nSPS) is 11.2. The molecule has 35 heavy (non-hydrogen) atoms. The van der Waals surface area contributed by atoms with Crippen LogP contribution >= 0.6 is 0 Å². The van der Waals surface area contributed by atoms with Crippen LogP contribution in [0.5, 0.6) is 17.2 Å². The van der Waals surface area contributed by atoms with Gasteiger partial charge in [-0.3, -0.25) is 0 Å². The van der Waals surface area contributed by atoms with Crippen molar-refractivity contribution in [3.05, 3.63) is 95.9 Å². The average molecular weight is 468 g/mol. The van der Waals surface area contributed by atoms with E-state index in [9.17, 15) is 4.79 Å². The number of hydrogen-bond acceptors (Lipinski definition) is 6. The van der Waals surface area contributed by atoms with E-state index in [1.54, 1.807) is 0 Å². The minimum absolute atomic E-state index is 0.0629. The van der Waals surface area contributed by atoms with Crippen molar-refractivity contribution in [1.29, 1.82) is 0 Å². The summed E-state index contributed by atoms with van der Waals surface area (Å²) in [5, 5.41) is 6.12. The molecule has 176 valence electrons. The molecule has 0 saturated carbocycles. The van der Waals surface area contributed by atoms with Gasteiger partial charge in [-0.25, -0.2) is 14.3 Å². The maximum atomic E-state index is 13.0. The number of pyridine rings is 1. The summed E-state index contributed by atoms with van der Waals surface area (Å²) in [5.74, 6) is 1.87. The third kappa shape index (κ3) is 4.40. The van der Waals surface area contributed by atoms with Gasteiger partial charge < -0.3 is 14.2 Å². The number of para-hydroxylation sites is 1. The van der Waals surface area contributed by atoms with Gasteiger partial charge in [0.15, 0.2) is 22.9 Å². The Morgan fingerprint density at radius 2 is 1.63 bits per heavy atom. The molecule has 7 nitrogen and oxygen atoms in total. The molecule has 7 heteroatoms. The van der Waals surface area contributed by atoms with Crippen LogP contribution in [0.4, 0.5) is 0 Å². The van der Waals surface area contributed by atoms with E-state index >= 15 is 0 Å². The first-order valence-corrected chi connectivity index (χ1v) is 11.4. The van der Waals surface area contributed by atoms with Gasteiger partial charge in [-0.05, 0) is 35.9 Å². The number of ether oxygens (including phenoxy) is 3. The van der Waals surface area contributed by atoms with E-state index in [0.29, 0.717) is 23.0 Å². The smallest absolute Gasteiger partial charge is 0.360 e. The molecule has 0 radical (unpaired) electrons. The lowest BCUT2D eigenvalue weighted by molar-refractivity contribution is 0.0585. The highest BCUT2D eigenvalue weighted by molar-refractivity contribution is 6.05. The molecule has 0 amide bonds. The van der Waals surface area contributed by atoms with Crippen molar-refractivity contribution in [2.24, 2.45) is 0 Å². The van der Waals surface area contributed by atoms with Crippen LogP contribution in [0.2, 0.25) is 0 Å². The molecule has 0 fully saturated rings. The lowest BCUT2D eigenvalue weighted by Crippen LogP contribution is -2.13. The van der Waals surface area contributed by atoms with Gasteiger partial charge in [0.05, 0.1) is 7.11 Å². The molecular formula is C28H25N3O4. The average Bonchev–Trinajstić information content (AvgIpc) is 3.34. The van der Waals surface area contributed by atoms with Crippen LogP contribution in [0, 0.1) is 0 Å². The van der Waals surface area contributed by atoms with Crippen LogP contribution in [-0.2, 0) is 11.3 Å². The molecule has 2 heterocycles. The quantitative estimate of drug-likeness (QED) is 0.267. The summed E-state index contributed by atoms with van der Waals surface area (Å²) in [5.41, 5.74) is 1.71. The van der Waals surface area contributed by atoms with Crippen LogP contribution in [0.25, 0.3) is 16.4 Å². The Bertz CT molecular complexity index is 1500. The van der Waals surface area contributed by atoms with E-state index in [1.807, 2.05) is 92.7 Å². The van der Waals surface area contributed by atoms with Gasteiger partial charge in [0.25, 0.3) is 0 Å². The zero-order valence-corrected chi connectivity index (χ0v) is 19.8. The van der Waals surface area contributed by atoms with Crippen molar-refractivity contribution in [2.45, 2.75) is 26.4 Å². The third-order valence-corrected chi connectivity index (χ3v) is 5.63. The summed E-state index contributed by atoms with van der Waals surface area (Å²) >= 11 is 0. The third-order valence-electron chi connectivity index (χ3n) is 5.63. The summed E-state index contributed by atoms with van der Waals surface area (Å²) in [6, 6.07) is 25.0. The first-order chi connectivity index (χ1) is 17.0. The van der Waals surface area contributed by atoms with E-state index < -0.39 is 5.97 Å². The molecule has 0 unspecified atom stereocenters. The summed E-state index contributed by atoms with van der Waals surface area (Å²) in [7, 11) is 1.34. The molecule has 0 spiro atoms. The second-order valence-corrected chi connectivity index (χ2v) is 8.43. The highest BCUT2D eigenvalue weighted by atomic mass is 16.5. The SMILES string of the molecule is COC(=O)c1c(OCc2ccccc2)c2ccc(Oc3ccccc3)cc2c2nc(C(C)C)nn12. The Morgan fingerprint density at radius 1 is 0.914 bits per heavy atom. The number of carbonyl (C=O) groups is 1. The molecule has 0 bridgehead atoms. The Balaban J connectivity index is 1.72. The maximum Gasteiger partial charge on any atom is 0.360 e. The van der Waals surface area contributed by atoms with Crippen LogP contribution < -0.4 is 9.47 Å². The molecule has 2 aromatic heterocycles. The molecule has 5 aromatic rings. The summed E-state index contributed by atoms with van der Waals surface area (Å²) in [4.78, 5) is 17.7. The number of benzene rings is 3. The second kappa shape index (κ2) is 9.46. The summed E-state index contributed by atoms with van der Waals surface area (Å²) in [6.07, 6.45) is 0. The van der Waals surface area contributed by atoms with Crippen LogP contribution in [0.1, 0.15) is 41.6 Å². The number of rotatable bonds is 7. The first kappa shape index (κ1) is 22.4. The molecular weight excluding hydrogens is 442 g/mol. The van der Waals surface area contributed by atoms with Gasteiger partial charge in [-0.2, -0.15) is 5.10 Å². The van der Waals surface area contributed by atoms with E-state index in [-0.39, 0.29) is 18.2 Å². The zero-order chi connectivity index (χ0) is 24.4. The number of nitrogens with zero attached hydrogens (tertiary/aromatic N) is 3. The minimum Gasteiger partial charge on any atom is -0.486 e. The van der Waals surface area contributed by atoms with Gasteiger partial charge in [-0.1, -0.05) is 62.4 Å². The van der Waals surface area contributed by atoms with E-state index in [2.05, 4.69) is 5.10 Å². The van der Waals surface area contributed by atoms with E-state index in [0.717, 1.165) is 22.1 Å². The Morgan fingerprint density at radius 3 is 2.31 bits per heavy atom. The van der Waals surface area contributed by atoms with Crippen molar-refractivity contribution in [1.82, 2.24) is 14.6 Å². The Kier molecular flexibility index (Phi) is 6.06. The lowest BCUT2D eigenvalue weighted by Gasteiger charge is -2.16. The highest BCUT2D eigenvalue weighted by Gasteiger charge is 2.26. The van der Waals surface area contributed by atoms with Gasteiger partial charge >= 0.3 is 5.97 Å². The lowest BCUT2D eigenvalue weighted by atomic mass is 10.1. The van der Waals surface area contributed by atoms with Gasteiger partial charge in [-0.15, -0.1) is 0 Å². The molecule has 0 aliphatic rings. The van der Waals surface area contributed by atoms with Gasteiger partial charge in [0.1, 0.15) is 18.1 Å². The van der Waals surface area contributed by atoms with Crippen molar-refractivity contribution < 1.29 is 19.0 Å². The second-order valence-electron chi connectivity index (χ2n) is 8.43. The zero-order valence-electron chi connectivity index (χ0n) is 19.8. The number of aromatic nitrogens is 3. The fourth-order valence-corrected chi connectivity index (χ4v) is 3.87.